The van der Waals surface area contributed by atoms with Crippen LogP contribution in [0.15, 0.2) is 59.5 Å². The molecule has 0 atom stereocenters. The average molecular weight is 595 g/mol. The van der Waals surface area contributed by atoms with E-state index >= 15 is 0 Å². The fourth-order valence-corrected chi connectivity index (χ4v) is 4.80. The highest BCUT2D eigenvalue weighted by atomic mass is 32.2. The number of amides is 3. The quantitative estimate of drug-likeness (QED) is 0.204. The molecule has 3 aromatic rings. The fraction of sp³-hybridized carbons (Fsp3) is 0.115. The van der Waals surface area contributed by atoms with Crippen molar-refractivity contribution in [3.63, 3.8) is 0 Å². The number of non-ortho nitro benzene ring substituents is 1. The highest BCUT2D eigenvalue weighted by Gasteiger charge is 2.37. The van der Waals surface area contributed by atoms with E-state index < -0.39 is 44.8 Å². The first kappa shape index (κ1) is 27.9. The van der Waals surface area contributed by atoms with Crippen molar-refractivity contribution in [1.82, 2.24) is 4.90 Å². The third-order valence-electron chi connectivity index (χ3n) is 5.91. The predicted molar refractivity (Wildman–Crippen MR) is 147 cm³/mol. The summed E-state index contributed by atoms with van der Waals surface area (Å²) >= 11 is 0.585. The summed E-state index contributed by atoms with van der Waals surface area (Å²) < 4.78 is 21.6. The van der Waals surface area contributed by atoms with Crippen molar-refractivity contribution in [3.8, 4) is 28.7 Å². The first-order chi connectivity index (χ1) is 20.1. The summed E-state index contributed by atoms with van der Waals surface area (Å²) in [6.07, 6.45) is 1.32. The van der Waals surface area contributed by atoms with E-state index in [4.69, 9.17) is 18.9 Å². The van der Waals surface area contributed by atoms with E-state index in [1.807, 2.05) is 0 Å². The lowest BCUT2D eigenvalue weighted by Crippen LogP contribution is -2.36. The number of fused-ring (bicyclic) bond motifs is 1. The summed E-state index contributed by atoms with van der Waals surface area (Å²) in [5.74, 6) is -0.666. The number of nitrogens with zero attached hydrogens (tertiary/aromatic N) is 3. The van der Waals surface area contributed by atoms with Gasteiger partial charge in [-0.2, -0.15) is 0 Å². The number of carbonyl (C=O) groups is 3. The number of anilines is 1. The first-order valence-electron chi connectivity index (χ1n) is 11.9. The molecule has 1 N–H and O–H groups in total. The normalized spacial score (nSPS) is 14.7. The summed E-state index contributed by atoms with van der Waals surface area (Å²) in [5.41, 5.74) is -0.594. The van der Waals surface area contributed by atoms with Crippen molar-refractivity contribution in [1.29, 1.82) is 0 Å². The van der Waals surface area contributed by atoms with Crippen molar-refractivity contribution in [3.05, 3.63) is 85.3 Å². The molecule has 214 valence electrons. The standard InChI is InChI=1S/C26H18N4O11S/c1-38-20-4-2-3-14(24(20)41-18-8-6-16(29(34)35)11-17(18)30(36)37)9-22-25(32)28(26(33)42-22)12-23(31)27-15-5-7-19-21(10-15)40-13-39-19/h2-11H,12-13H2,1H3,(H,27,31)/b22-9+. The summed E-state index contributed by atoms with van der Waals surface area (Å²) in [7, 11) is 1.32. The lowest BCUT2D eigenvalue weighted by Gasteiger charge is -2.14. The topological polar surface area (TPSA) is 190 Å². The number of rotatable bonds is 9. The SMILES string of the molecule is COc1cccc(/C=C2/SC(=O)N(CC(=O)Nc3ccc4c(c3)OCO4)C2=O)c1Oc1ccc([N+](=O)[O-])cc1[N+](=O)[O-]. The number of nitrogens with one attached hydrogen (secondary N) is 1. The van der Waals surface area contributed by atoms with Crippen LogP contribution in [0.2, 0.25) is 0 Å². The molecule has 3 aromatic carbocycles. The van der Waals surface area contributed by atoms with Crippen LogP contribution in [-0.2, 0) is 9.59 Å². The van der Waals surface area contributed by atoms with E-state index in [0.29, 0.717) is 28.9 Å². The lowest BCUT2D eigenvalue weighted by molar-refractivity contribution is -0.394. The first-order valence-corrected chi connectivity index (χ1v) is 12.7. The van der Waals surface area contributed by atoms with Crippen LogP contribution in [0, 0.1) is 20.2 Å². The molecule has 0 spiro atoms. The number of hydrogen-bond acceptors (Lipinski definition) is 12. The minimum absolute atomic E-state index is 0.0489. The molecule has 0 aromatic heterocycles. The Balaban J connectivity index is 1.38. The Hall–Kier alpha value is -5.64. The molecule has 2 aliphatic rings. The van der Waals surface area contributed by atoms with Gasteiger partial charge in [0.2, 0.25) is 18.4 Å². The minimum Gasteiger partial charge on any atom is -0.493 e. The number of ether oxygens (including phenoxy) is 4. The highest BCUT2D eigenvalue weighted by Crippen LogP contribution is 2.42. The molecule has 0 unspecified atom stereocenters. The van der Waals surface area contributed by atoms with Gasteiger partial charge in [-0.05, 0) is 42.1 Å². The zero-order chi connectivity index (χ0) is 30.0. The van der Waals surface area contributed by atoms with Gasteiger partial charge in [0.25, 0.3) is 16.8 Å². The zero-order valence-corrected chi connectivity index (χ0v) is 22.2. The van der Waals surface area contributed by atoms with E-state index in [-0.39, 0.29) is 34.5 Å². The average Bonchev–Trinajstić information content (AvgIpc) is 3.53. The second-order valence-corrected chi connectivity index (χ2v) is 9.52. The van der Waals surface area contributed by atoms with E-state index in [1.54, 1.807) is 24.3 Å². The van der Waals surface area contributed by atoms with Gasteiger partial charge in [-0.15, -0.1) is 0 Å². The molecule has 2 aliphatic heterocycles. The van der Waals surface area contributed by atoms with Crippen LogP contribution in [0.3, 0.4) is 0 Å². The Bertz CT molecular complexity index is 1690. The predicted octanol–water partition coefficient (Wildman–Crippen LogP) is 4.71. The number of nitro benzene ring substituents is 2. The Morgan fingerprint density at radius 2 is 1.83 bits per heavy atom. The van der Waals surface area contributed by atoms with Crippen molar-refractivity contribution in [2.45, 2.75) is 0 Å². The van der Waals surface area contributed by atoms with Crippen molar-refractivity contribution in [2.24, 2.45) is 0 Å². The molecular formula is C26H18N4O11S. The second kappa shape index (κ2) is 11.5. The maximum absolute atomic E-state index is 13.1. The van der Waals surface area contributed by atoms with Gasteiger partial charge in [0.05, 0.1) is 27.9 Å². The van der Waals surface area contributed by atoms with E-state index in [1.165, 1.54) is 25.3 Å². The molecule has 3 amide bonds. The maximum Gasteiger partial charge on any atom is 0.318 e. The van der Waals surface area contributed by atoms with Gasteiger partial charge in [0.15, 0.2) is 23.0 Å². The van der Waals surface area contributed by atoms with Crippen LogP contribution in [0.5, 0.6) is 28.7 Å². The smallest absolute Gasteiger partial charge is 0.318 e. The Morgan fingerprint density at radius 1 is 1.05 bits per heavy atom. The number of thioether (sulfide) groups is 1. The van der Waals surface area contributed by atoms with Crippen molar-refractivity contribution in [2.75, 3.05) is 25.8 Å². The molecule has 0 aliphatic carbocycles. The third-order valence-corrected chi connectivity index (χ3v) is 6.82. The number of hydrogen-bond donors (Lipinski definition) is 1. The van der Waals surface area contributed by atoms with Crippen molar-refractivity contribution < 1.29 is 43.2 Å². The number of para-hydroxylation sites is 1. The molecule has 1 fully saturated rings. The van der Waals surface area contributed by atoms with Gasteiger partial charge in [-0.25, -0.2) is 0 Å². The fourth-order valence-electron chi connectivity index (χ4n) is 3.97. The summed E-state index contributed by atoms with van der Waals surface area (Å²) in [6, 6.07) is 12.2. The van der Waals surface area contributed by atoms with Gasteiger partial charge >= 0.3 is 5.69 Å². The largest absolute Gasteiger partial charge is 0.493 e. The third kappa shape index (κ3) is 5.64. The molecule has 2 heterocycles. The van der Waals surface area contributed by atoms with E-state index in [0.717, 1.165) is 23.1 Å². The maximum atomic E-state index is 13.1. The van der Waals surface area contributed by atoms with Crippen LogP contribution in [0.1, 0.15) is 5.56 Å². The van der Waals surface area contributed by atoms with Gasteiger partial charge in [-0.3, -0.25) is 39.5 Å². The van der Waals surface area contributed by atoms with E-state index in [9.17, 15) is 34.6 Å². The number of carbonyl (C=O) groups excluding carboxylic acids is 3. The number of imide groups is 1. The van der Waals surface area contributed by atoms with Gasteiger partial charge in [-0.1, -0.05) is 12.1 Å². The molecule has 0 radical (unpaired) electrons. The summed E-state index contributed by atoms with van der Waals surface area (Å²) in [5, 5.41) is 24.6. The molecule has 16 heteroatoms. The lowest BCUT2D eigenvalue weighted by atomic mass is 10.1. The van der Waals surface area contributed by atoms with Crippen LogP contribution in [-0.4, -0.2) is 52.2 Å². The monoisotopic (exact) mass is 594 g/mol. The molecular weight excluding hydrogens is 576 g/mol. The Labute approximate surface area is 239 Å². The van der Waals surface area contributed by atoms with Crippen molar-refractivity contribution >= 4 is 52.0 Å². The molecule has 42 heavy (non-hydrogen) atoms. The molecule has 5 rings (SSSR count). The van der Waals surface area contributed by atoms with Crippen LogP contribution >= 0.6 is 11.8 Å². The molecule has 0 bridgehead atoms. The Morgan fingerprint density at radius 3 is 2.57 bits per heavy atom. The second-order valence-electron chi connectivity index (χ2n) is 8.53. The highest BCUT2D eigenvalue weighted by molar-refractivity contribution is 8.18. The van der Waals surface area contributed by atoms with E-state index in [2.05, 4.69) is 5.32 Å². The molecule has 0 saturated carbocycles. The van der Waals surface area contributed by atoms with Crippen LogP contribution in [0.4, 0.5) is 21.9 Å². The van der Waals surface area contributed by atoms with Gasteiger partial charge in [0, 0.05) is 23.4 Å². The van der Waals surface area contributed by atoms with Crippen LogP contribution < -0.4 is 24.3 Å². The van der Waals surface area contributed by atoms with Gasteiger partial charge < -0.3 is 24.3 Å². The molecule has 1 saturated heterocycles. The summed E-state index contributed by atoms with van der Waals surface area (Å²) in [6.45, 7) is -0.506. The number of benzene rings is 3. The Kier molecular flexibility index (Phi) is 7.61. The zero-order valence-electron chi connectivity index (χ0n) is 21.4. The van der Waals surface area contributed by atoms with Gasteiger partial charge in [0.1, 0.15) is 6.54 Å². The summed E-state index contributed by atoms with van der Waals surface area (Å²) in [4.78, 5) is 60.2. The number of nitro groups is 2. The number of methoxy groups -OCH3 is 1. The minimum atomic E-state index is -0.836. The van der Waals surface area contributed by atoms with Crippen LogP contribution in [0.25, 0.3) is 6.08 Å². The molecule has 15 nitrogen and oxygen atoms in total.